The molecular formula is C17H24F3NO3. The molecule has 1 N–H and O–H groups in total. The van der Waals surface area contributed by atoms with E-state index in [1.54, 1.807) is 13.8 Å². The fraction of sp³-hybridized carbons (Fsp3) is 0.588. The van der Waals surface area contributed by atoms with Crippen molar-refractivity contribution in [3.63, 3.8) is 0 Å². The maximum Gasteiger partial charge on any atom is 0.420 e. The van der Waals surface area contributed by atoms with E-state index in [0.29, 0.717) is 13.0 Å². The Morgan fingerprint density at radius 3 is 2.38 bits per heavy atom. The lowest BCUT2D eigenvalue weighted by Gasteiger charge is -2.30. The summed E-state index contributed by atoms with van der Waals surface area (Å²) in [4.78, 5) is 12.5. The first-order valence-corrected chi connectivity index (χ1v) is 7.74. The Bertz CT molecular complexity index is 573. The van der Waals surface area contributed by atoms with Crippen LogP contribution in [0.25, 0.3) is 0 Å². The molecule has 0 saturated heterocycles. The van der Waals surface area contributed by atoms with Gasteiger partial charge in [-0.2, -0.15) is 13.2 Å². The van der Waals surface area contributed by atoms with Gasteiger partial charge in [-0.25, -0.2) is 0 Å². The summed E-state index contributed by atoms with van der Waals surface area (Å²) >= 11 is 0. The number of hydrogen-bond acceptors (Lipinski definition) is 3. The van der Waals surface area contributed by atoms with E-state index < -0.39 is 23.2 Å². The minimum Gasteiger partial charge on any atom is -0.496 e. The molecular weight excluding hydrogens is 323 g/mol. The van der Waals surface area contributed by atoms with Gasteiger partial charge in [0, 0.05) is 12.3 Å². The van der Waals surface area contributed by atoms with Gasteiger partial charge < -0.3 is 14.8 Å². The lowest BCUT2D eigenvalue weighted by Crippen LogP contribution is -2.44. The first-order chi connectivity index (χ1) is 11.0. The van der Waals surface area contributed by atoms with E-state index in [9.17, 15) is 18.0 Å². The zero-order chi connectivity index (χ0) is 18.5. The number of hydrogen-bond donors (Lipinski definition) is 1. The lowest BCUT2D eigenvalue weighted by molar-refractivity contribution is -0.141. The van der Waals surface area contributed by atoms with Gasteiger partial charge in [0.05, 0.1) is 12.7 Å². The molecule has 136 valence electrons. The number of carbonyl (C=O) groups is 1. The molecule has 0 aliphatic carbocycles. The Kier molecular flexibility index (Phi) is 6.66. The molecule has 0 heterocycles. The Balaban J connectivity index is 3.09. The summed E-state index contributed by atoms with van der Waals surface area (Å²) in [6.07, 6.45) is -4.12. The molecule has 0 unspecified atom stereocenters. The van der Waals surface area contributed by atoms with Crippen LogP contribution in [-0.4, -0.2) is 25.2 Å². The van der Waals surface area contributed by atoms with Gasteiger partial charge in [0.25, 0.3) is 5.91 Å². The molecule has 0 spiro atoms. The molecule has 24 heavy (non-hydrogen) atoms. The van der Waals surface area contributed by atoms with Crippen molar-refractivity contribution in [1.82, 2.24) is 0 Å². The van der Waals surface area contributed by atoms with Crippen molar-refractivity contribution in [3.8, 4) is 5.75 Å². The minimum atomic E-state index is -4.58. The number of benzene rings is 1. The van der Waals surface area contributed by atoms with Crippen LogP contribution in [0.3, 0.4) is 0 Å². The highest BCUT2D eigenvalue weighted by Crippen LogP contribution is 2.38. The first-order valence-electron chi connectivity index (χ1n) is 7.74. The highest BCUT2D eigenvalue weighted by molar-refractivity contribution is 5.97. The number of anilines is 1. The van der Waals surface area contributed by atoms with Crippen LogP contribution in [-0.2, 0) is 15.7 Å². The summed E-state index contributed by atoms with van der Waals surface area (Å²) in [5.41, 5.74) is -2.01. The van der Waals surface area contributed by atoms with Gasteiger partial charge in [0.15, 0.2) is 0 Å². The average Bonchev–Trinajstić information content (AvgIpc) is 2.45. The second kappa shape index (κ2) is 7.88. The van der Waals surface area contributed by atoms with E-state index in [4.69, 9.17) is 9.47 Å². The maximum absolute atomic E-state index is 13.1. The third kappa shape index (κ3) is 5.12. The molecule has 1 aromatic rings. The summed E-state index contributed by atoms with van der Waals surface area (Å²) < 4.78 is 49.5. The van der Waals surface area contributed by atoms with E-state index in [-0.39, 0.29) is 17.4 Å². The third-order valence-electron chi connectivity index (χ3n) is 3.50. The van der Waals surface area contributed by atoms with Crippen LogP contribution < -0.4 is 10.1 Å². The molecule has 0 radical (unpaired) electrons. The smallest absolute Gasteiger partial charge is 0.420 e. The van der Waals surface area contributed by atoms with Gasteiger partial charge in [0.2, 0.25) is 0 Å². The molecule has 0 aliphatic rings. The summed E-state index contributed by atoms with van der Waals surface area (Å²) in [6.45, 7) is 7.62. The zero-order valence-electron chi connectivity index (χ0n) is 14.6. The van der Waals surface area contributed by atoms with Crippen LogP contribution in [0.4, 0.5) is 18.9 Å². The summed E-state index contributed by atoms with van der Waals surface area (Å²) in [5.74, 6) is -0.583. The molecule has 0 aliphatic heterocycles. The second-order valence-electron chi connectivity index (χ2n) is 6.13. The largest absolute Gasteiger partial charge is 0.496 e. The molecule has 0 fully saturated rings. The van der Waals surface area contributed by atoms with Crippen LogP contribution >= 0.6 is 0 Å². The van der Waals surface area contributed by atoms with Gasteiger partial charge in [0.1, 0.15) is 11.4 Å². The molecule has 1 aromatic carbocycles. The molecule has 0 aromatic heterocycles. The first kappa shape index (κ1) is 20.3. The van der Waals surface area contributed by atoms with Crippen LogP contribution in [0.5, 0.6) is 5.75 Å². The van der Waals surface area contributed by atoms with Gasteiger partial charge in [-0.3, -0.25) is 4.79 Å². The van der Waals surface area contributed by atoms with Gasteiger partial charge >= 0.3 is 6.18 Å². The van der Waals surface area contributed by atoms with Gasteiger partial charge in [-0.1, -0.05) is 13.8 Å². The van der Waals surface area contributed by atoms with E-state index in [2.05, 4.69) is 5.32 Å². The Morgan fingerprint density at radius 2 is 1.92 bits per heavy atom. The molecule has 1 amide bonds. The predicted octanol–water partition coefficient (Wildman–Crippen LogP) is 4.49. The number of alkyl halides is 3. The van der Waals surface area contributed by atoms with Crippen LogP contribution in [0.1, 0.15) is 39.7 Å². The fourth-order valence-corrected chi connectivity index (χ4v) is 2.59. The normalized spacial score (nSPS) is 14.4. The number of nitrogens with one attached hydrogen (secondary N) is 1. The molecule has 0 bridgehead atoms. The van der Waals surface area contributed by atoms with Crippen molar-refractivity contribution in [1.29, 1.82) is 0 Å². The number of ether oxygens (including phenoxy) is 2. The lowest BCUT2D eigenvalue weighted by atomic mass is 9.93. The highest BCUT2D eigenvalue weighted by Gasteiger charge is 2.37. The van der Waals surface area contributed by atoms with Crippen LogP contribution in [0.2, 0.25) is 0 Å². The number of methoxy groups -OCH3 is 1. The van der Waals surface area contributed by atoms with E-state index >= 15 is 0 Å². The van der Waals surface area contributed by atoms with Crippen molar-refractivity contribution >= 4 is 11.6 Å². The molecule has 1 atom stereocenters. The number of halogens is 3. The SMILES string of the molecule is CCO[C@@](C)(CC(C)C)C(=O)Nc1ccc(OC)c(C(F)(F)F)c1. The van der Waals surface area contributed by atoms with Crippen molar-refractivity contribution in [2.45, 2.75) is 45.9 Å². The summed E-state index contributed by atoms with van der Waals surface area (Å²) in [6, 6.07) is 3.41. The maximum atomic E-state index is 13.1. The Morgan fingerprint density at radius 1 is 1.29 bits per heavy atom. The summed E-state index contributed by atoms with van der Waals surface area (Å²) in [7, 11) is 1.16. The van der Waals surface area contributed by atoms with Gasteiger partial charge in [-0.15, -0.1) is 0 Å². The third-order valence-corrected chi connectivity index (χ3v) is 3.50. The van der Waals surface area contributed by atoms with E-state index in [0.717, 1.165) is 13.2 Å². The molecule has 1 rings (SSSR count). The minimum absolute atomic E-state index is 0.0443. The Hall–Kier alpha value is -1.76. The van der Waals surface area contributed by atoms with E-state index in [1.807, 2.05) is 13.8 Å². The number of rotatable bonds is 7. The van der Waals surface area contributed by atoms with Gasteiger partial charge in [-0.05, 0) is 44.4 Å². The van der Waals surface area contributed by atoms with Crippen LogP contribution in [0.15, 0.2) is 18.2 Å². The zero-order valence-corrected chi connectivity index (χ0v) is 14.6. The molecule has 7 heteroatoms. The van der Waals surface area contributed by atoms with Crippen molar-refractivity contribution in [2.75, 3.05) is 19.0 Å². The monoisotopic (exact) mass is 347 g/mol. The highest BCUT2D eigenvalue weighted by atomic mass is 19.4. The van der Waals surface area contributed by atoms with Crippen molar-refractivity contribution in [2.24, 2.45) is 5.92 Å². The fourth-order valence-electron chi connectivity index (χ4n) is 2.59. The van der Waals surface area contributed by atoms with Crippen molar-refractivity contribution in [3.05, 3.63) is 23.8 Å². The van der Waals surface area contributed by atoms with Crippen molar-refractivity contribution < 1.29 is 27.4 Å². The Labute approximate surface area is 140 Å². The number of amides is 1. The standard InChI is InChI=1S/C17H24F3NO3/c1-6-24-16(4,10-11(2)3)15(22)21-12-7-8-14(23-5)13(9-12)17(18,19)20/h7-9,11H,6,10H2,1-5H3,(H,21,22)/t16-/m0/s1. The predicted molar refractivity (Wildman–Crippen MR) is 86.1 cm³/mol. The van der Waals surface area contributed by atoms with Crippen LogP contribution in [0, 0.1) is 5.92 Å². The average molecular weight is 347 g/mol. The number of carbonyl (C=O) groups excluding carboxylic acids is 1. The quantitative estimate of drug-likeness (QED) is 0.790. The molecule has 4 nitrogen and oxygen atoms in total. The topological polar surface area (TPSA) is 47.6 Å². The second-order valence-corrected chi connectivity index (χ2v) is 6.13. The molecule has 0 saturated carbocycles. The summed E-state index contributed by atoms with van der Waals surface area (Å²) in [5, 5.41) is 2.52. The van der Waals surface area contributed by atoms with E-state index in [1.165, 1.54) is 12.1 Å².